The van der Waals surface area contributed by atoms with Crippen LogP contribution in [-0.2, 0) is 16.6 Å². The molecule has 22 heavy (non-hydrogen) atoms. The molecule has 116 valence electrons. The van der Waals surface area contributed by atoms with Crippen LogP contribution in [0, 0.1) is 6.92 Å². The van der Waals surface area contributed by atoms with Gasteiger partial charge in [0.15, 0.2) is 5.50 Å². The van der Waals surface area contributed by atoms with E-state index in [1.165, 1.54) is 0 Å². The Morgan fingerprint density at radius 2 is 1.91 bits per heavy atom. The minimum absolute atomic E-state index is 0.297. The number of aromatic nitrogens is 1. The number of anilines is 2. The van der Waals surface area contributed by atoms with Crippen LogP contribution in [0.1, 0.15) is 18.2 Å². The maximum absolute atomic E-state index is 12.6. The molecule has 2 heterocycles. The molecule has 0 bridgehead atoms. The van der Waals surface area contributed by atoms with Gasteiger partial charge in [0.1, 0.15) is 5.75 Å². The van der Waals surface area contributed by atoms with Crippen molar-refractivity contribution < 1.29 is 8.95 Å². The lowest BCUT2D eigenvalue weighted by Gasteiger charge is -2.14. The van der Waals surface area contributed by atoms with Crippen LogP contribution < -0.4 is 15.4 Å². The zero-order valence-electron chi connectivity index (χ0n) is 12.6. The lowest BCUT2D eigenvalue weighted by atomic mass is 10.2. The summed E-state index contributed by atoms with van der Waals surface area (Å²) in [4.78, 5) is 4.35. The molecule has 2 aromatic rings. The topological polar surface area (TPSA) is 63.2 Å². The highest BCUT2D eigenvalue weighted by atomic mass is 32.2. The van der Waals surface area contributed by atoms with E-state index in [0.29, 0.717) is 12.4 Å². The Labute approximate surface area is 132 Å². The van der Waals surface area contributed by atoms with Gasteiger partial charge in [-0.2, -0.15) is 0 Å². The van der Waals surface area contributed by atoms with Crippen molar-refractivity contribution in [3.8, 4) is 5.75 Å². The lowest BCUT2D eigenvalue weighted by Crippen LogP contribution is -2.29. The van der Waals surface area contributed by atoms with Crippen LogP contribution in [-0.4, -0.2) is 21.3 Å². The molecule has 1 atom stereocenters. The highest BCUT2D eigenvalue weighted by Gasteiger charge is 2.25. The van der Waals surface area contributed by atoms with Gasteiger partial charge in [-0.1, -0.05) is 12.1 Å². The summed E-state index contributed by atoms with van der Waals surface area (Å²) in [7, 11) is -1.14. The number of hydrogen-bond donors (Lipinski definition) is 2. The molecule has 1 aliphatic heterocycles. The number of fused-ring (bicyclic) bond motifs is 1. The Morgan fingerprint density at radius 3 is 2.55 bits per heavy atom. The van der Waals surface area contributed by atoms with Gasteiger partial charge in [0.25, 0.3) is 0 Å². The minimum Gasteiger partial charge on any atom is -0.493 e. The SMILES string of the molecule is CCOc1ccnc(CS(=O)C2Nc3ccccc3N2)c1C. The smallest absolute Gasteiger partial charge is 0.175 e. The van der Waals surface area contributed by atoms with Gasteiger partial charge >= 0.3 is 0 Å². The predicted octanol–water partition coefficient (Wildman–Crippen LogP) is 2.86. The molecule has 1 aliphatic rings. The number of nitrogens with one attached hydrogen (secondary N) is 2. The Balaban J connectivity index is 1.72. The average molecular weight is 317 g/mol. The third-order valence-corrected chi connectivity index (χ3v) is 4.92. The summed E-state index contributed by atoms with van der Waals surface area (Å²) in [6, 6.07) is 9.69. The molecule has 2 N–H and O–H groups in total. The van der Waals surface area contributed by atoms with Gasteiger partial charge in [0, 0.05) is 11.8 Å². The summed E-state index contributed by atoms with van der Waals surface area (Å²) in [6.45, 7) is 4.50. The van der Waals surface area contributed by atoms with E-state index in [1.54, 1.807) is 6.20 Å². The van der Waals surface area contributed by atoms with E-state index in [2.05, 4.69) is 15.6 Å². The van der Waals surface area contributed by atoms with Gasteiger partial charge < -0.3 is 15.4 Å². The van der Waals surface area contributed by atoms with E-state index < -0.39 is 10.8 Å². The quantitative estimate of drug-likeness (QED) is 0.888. The van der Waals surface area contributed by atoms with Crippen molar-refractivity contribution in [2.45, 2.75) is 25.1 Å². The zero-order valence-corrected chi connectivity index (χ0v) is 13.4. The van der Waals surface area contributed by atoms with Crippen molar-refractivity contribution in [2.75, 3.05) is 17.2 Å². The first-order valence-corrected chi connectivity index (χ1v) is 8.64. The number of rotatable bonds is 5. The second kappa shape index (κ2) is 6.36. The van der Waals surface area contributed by atoms with E-state index in [9.17, 15) is 4.21 Å². The highest BCUT2D eigenvalue weighted by Crippen LogP contribution is 2.30. The van der Waals surface area contributed by atoms with Gasteiger partial charge in [-0.15, -0.1) is 0 Å². The van der Waals surface area contributed by atoms with Crippen LogP contribution >= 0.6 is 0 Å². The summed E-state index contributed by atoms with van der Waals surface area (Å²) < 4.78 is 18.2. The maximum atomic E-state index is 12.6. The first-order valence-electron chi connectivity index (χ1n) is 7.25. The standard InChI is InChI=1S/C16H19N3O2S/c1-3-21-15-8-9-17-14(11(15)2)10-22(20)16-18-12-6-4-5-7-13(12)19-16/h4-9,16,18-19H,3,10H2,1-2H3. The molecule has 3 rings (SSSR count). The third kappa shape index (κ3) is 2.92. The summed E-state index contributed by atoms with van der Waals surface area (Å²) in [5, 5.41) is 6.49. The van der Waals surface area contributed by atoms with Crippen molar-refractivity contribution >= 4 is 22.2 Å². The molecule has 0 spiro atoms. The predicted molar refractivity (Wildman–Crippen MR) is 89.5 cm³/mol. The van der Waals surface area contributed by atoms with Gasteiger partial charge in [0.05, 0.1) is 40.2 Å². The molecule has 0 saturated carbocycles. The van der Waals surface area contributed by atoms with E-state index in [0.717, 1.165) is 28.4 Å². The number of ether oxygens (including phenoxy) is 1. The number of para-hydroxylation sites is 2. The third-order valence-electron chi connectivity index (χ3n) is 3.60. The molecule has 0 aliphatic carbocycles. The first-order chi connectivity index (χ1) is 10.7. The fourth-order valence-corrected chi connectivity index (χ4v) is 3.66. The fraction of sp³-hybridized carbons (Fsp3) is 0.312. The summed E-state index contributed by atoms with van der Waals surface area (Å²) in [5.41, 5.74) is 3.42. The highest BCUT2D eigenvalue weighted by molar-refractivity contribution is 7.85. The molecular weight excluding hydrogens is 298 g/mol. The second-order valence-corrected chi connectivity index (χ2v) is 6.57. The number of pyridine rings is 1. The van der Waals surface area contributed by atoms with Crippen molar-refractivity contribution in [2.24, 2.45) is 0 Å². The average Bonchev–Trinajstić information content (AvgIpc) is 2.95. The van der Waals surface area contributed by atoms with Crippen LogP contribution in [0.4, 0.5) is 11.4 Å². The molecule has 0 saturated heterocycles. The van der Waals surface area contributed by atoms with Gasteiger partial charge in [-0.05, 0) is 32.0 Å². The van der Waals surface area contributed by atoms with E-state index in [-0.39, 0.29) is 5.50 Å². The molecular formula is C16H19N3O2S. The van der Waals surface area contributed by atoms with Crippen molar-refractivity contribution in [3.05, 3.63) is 47.8 Å². The monoisotopic (exact) mass is 317 g/mol. The second-order valence-electron chi connectivity index (χ2n) is 5.05. The normalized spacial score (nSPS) is 14.8. The first kappa shape index (κ1) is 14.8. The van der Waals surface area contributed by atoms with Gasteiger partial charge in [-0.25, -0.2) is 0 Å². The Morgan fingerprint density at radius 1 is 1.23 bits per heavy atom. The molecule has 5 nitrogen and oxygen atoms in total. The summed E-state index contributed by atoms with van der Waals surface area (Å²) in [6.07, 6.45) is 1.70. The maximum Gasteiger partial charge on any atom is 0.175 e. The zero-order chi connectivity index (χ0) is 15.5. The van der Waals surface area contributed by atoms with E-state index in [1.807, 2.05) is 44.2 Å². The molecule has 1 aromatic heterocycles. The minimum atomic E-state index is -1.14. The summed E-state index contributed by atoms with van der Waals surface area (Å²) in [5.74, 6) is 1.19. The van der Waals surface area contributed by atoms with Crippen molar-refractivity contribution in [3.63, 3.8) is 0 Å². The number of nitrogens with zero attached hydrogens (tertiary/aromatic N) is 1. The Bertz CT molecular complexity index is 681. The molecule has 0 amide bonds. The van der Waals surface area contributed by atoms with Crippen LogP contribution in [0.3, 0.4) is 0 Å². The Kier molecular flexibility index (Phi) is 4.29. The van der Waals surface area contributed by atoms with Crippen molar-refractivity contribution in [1.82, 2.24) is 4.98 Å². The van der Waals surface area contributed by atoms with Gasteiger partial charge in [-0.3, -0.25) is 9.19 Å². The molecule has 0 radical (unpaired) electrons. The molecule has 1 aromatic carbocycles. The summed E-state index contributed by atoms with van der Waals surface area (Å²) >= 11 is 0. The number of benzene rings is 1. The van der Waals surface area contributed by atoms with E-state index in [4.69, 9.17) is 4.74 Å². The van der Waals surface area contributed by atoms with E-state index >= 15 is 0 Å². The largest absolute Gasteiger partial charge is 0.493 e. The Hall–Kier alpha value is -2.08. The van der Waals surface area contributed by atoms with Gasteiger partial charge in [0.2, 0.25) is 0 Å². The lowest BCUT2D eigenvalue weighted by molar-refractivity contribution is 0.337. The van der Waals surface area contributed by atoms with Crippen LogP contribution in [0.15, 0.2) is 36.5 Å². The fourth-order valence-electron chi connectivity index (χ4n) is 2.42. The number of hydrogen-bond acceptors (Lipinski definition) is 5. The van der Waals surface area contributed by atoms with Crippen LogP contribution in [0.25, 0.3) is 0 Å². The molecule has 0 fully saturated rings. The van der Waals surface area contributed by atoms with Crippen LogP contribution in [0.5, 0.6) is 5.75 Å². The van der Waals surface area contributed by atoms with Crippen LogP contribution in [0.2, 0.25) is 0 Å². The molecule has 6 heteroatoms. The molecule has 1 unspecified atom stereocenters. The van der Waals surface area contributed by atoms with Crippen molar-refractivity contribution in [1.29, 1.82) is 0 Å².